The molecule has 2 heterocycles. The summed E-state index contributed by atoms with van der Waals surface area (Å²) >= 11 is 0. The van der Waals surface area contributed by atoms with Gasteiger partial charge in [0.15, 0.2) is 0 Å². The highest BCUT2D eigenvalue weighted by molar-refractivity contribution is 5.70. The van der Waals surface area contributed by atoms with Crippen molar-refractivity contribution in [2.45, 2.75) is 24.0 Å². The molecule has 0 fully saturated rings. The summed E-state index contributed by atoms with van der Waals surface area (Å²) < 4.78 is 6.48. The largest absolute Gasteiger partial charge is 0.356 e. The number of fused-ring (bicyclic) bond motifs is 8. The average molecular weight is 370 g/mol. The summed E-state index contributed by atoms with van der Waals surface area (Å²) in [5.41, 5.74) is 14.4. The van der Waals surface area contributed by atoms with Crippen molar-refractivity contribution in [3.05, 3.63) is 141 Å². The minimum absolute atomic E-state index is 0.0995. The molecule has 0 saturated carbocycles. The van der Waals surface area contributed by atoms with Crippen LogP contribution in [-0.2, 0) is 4.74 Å². The molecule has 29 heavy (non-hydrogen) atoms. The second-order valence-electron chi connectivity index (χ2n) is 8.76. The van der Waals surface area contributed by atoms with Crippen molar-refractivity contribution in [1.29, 1.82) is 0 Å². The molecule has 2 unspecified atom stereocenters. The van der Waals surface area contributed by atoms with Crippen LogP contribution in [-0.4, -0.2) is 0 Å². The number of benzene rings is 4. The normalized spacial score (nSPS) is 25.8. The zero-order valence-electron chi connectivity index (χ0n) is 15.8. The van der Waals surface area contributed by atoms with E-state index in [2.05, 4.69) is 84.9 Å². The fourth-order valence-electron chi connectivity index (χ4n) is 6.45. The summed E-state index contributed by atoms with van der Waals surface area (Å²) in [6, 6.07) is 31.8. The highest BCUT2D eigenvalue weighted by Gasteiger charge is 2.47. The minimum Gasteiger partial charge on any atom is -0.356 e. The molecule has 1 nitrogen and oxygen atoms in total. The Hall–Kier alpha value is -3.16. The molecule has 136 valence electrons. The zero-order valence-corrected chi connectivity index (χ0v) is 15.8. The van der Waals surface area contributed by atoms with Crippen LogP contribution in [0.15, 0.2) is 84.9 Å². The Balaban J connectivity index is 1.42. The van der Waals surface area contributed by atoms with Crippen molar-refractivity contribution in [3.8, 4) is 0 Å². The van der Waals surface area contributed by atoms with Crippen LogP contribution in [0.3, 0.4) is 0 Å². The molecule has 0 aromatic heterocycles. The van der Waals surface area contributed by atoms with Crippen LogP contribution >= 0.6 is 0 Å². The standard InChI is InChI=1S/C28H18O/c1-2-8-16-15(7-1)25-17-9-3-4-10-18(17)26(16)22-14-24-23(13-21(22)25)27-19-11-5-6-12-20(19)28(24)29-27/h1-14,25-28H. The molecule has 1 heteroatoms. The second kappa shape index (κ2) is 4.87. The van der Waals surface area contributed by atoms with Crippen molar-refractivity contribution in [2.75, 3.05) is 0 Å². The number of ether oxygens (including phenoxy) is 1. The van der Waals surface area contributed by atoms with Gasteiger partial charge in [-0.3, -0.25) is 0 Å². The molecular formula is C28H18O. The molecule has 0 amide bonds. The summed E-state index contributed by atoms with van der Waals surface area (Å²) in [5.74, 6) is 0.671. The molecule has 0 N–H and O–H groups in total. The third-order valence-electron chi connectivity index (χ3n) is 7.54. The van der Waals surface area contributed by atoms with E-state index in [1.807, 2.05) is 0 Å². The van der Waals surface area contributed by atoms with E-state index in [4.69, 9.17) is 4.74 Å². The van der Waals surface area contributed by atoms with Gasteiger partial charge in [0, 0.05) is 11.8 Å². The Kier molecular flexibility index (Phi) is 2.48. The van der Waals surface area contributed by atoms with E-state index in [1.165, 1.54) is 55.6 Å². The third kappa shape index (κ3) is 1.61. The predicted molar refractivity (Wildman–Crippen MR) is 112 cm³/mol. The van der Waals surface area contributed by atoms with Crippen LogP contribution in [0.1, 0.15) is 79.7 Å². The first-order valence-corrected chi connectivity index (χ1v) is 10.5. The first-order valence-electron chi connectivity index (χ1n) is 10.5. The topological polar surface area (TPSA) is 9.23 Å². The van der Waals surface area contributed by atoms with Crippen molar-refractivity contribution in [1.82, 2.24) is 0 Å². The van der Waals surface area contributed by atoms with Gasteiger partial charge in [0.05, 0.1) is 0 Å². The molecule has 2 atom stereocenters. The van der Waals surface area contributed by atoms with E-state index in [0.29, 0.717) is 11.8 Å². The maximum Gasteiger partial charge on any atom is 0.110 e. The first kappa shape index (κ1) is 14.8. The summed E-state index contributed by atoms with van der Waals surface area (Å²) in [7, 11) is 0. The van der Waals surface area contributed by atoms with E-state index < -0.39 is 0 Å². The lowest BCUT2D eigenvalue weighted by atomic mass is 9.60. The maximum absolute atomic E-state index is 6.48. The molecule has 4 bridgehead atoms. The van der Waals surface area contributed by atoms with Crippen LogP contribution in [0.25, 0.3) is 0 Å². The quantitative estimate of drug-likeness (QED) is 0.309. The predicted octanol–water partition coefficient (Wildman–Crippen LogP) is 6.20. The Labute approximate surface area is 169 Å². The van der Waals surface area contributed by atoms with E-state index in [-0.39, 0.29) is 12.2 Å². The van der Waals surface area contributed by atoms with Crippen LogP contribution in [0.2, 0.25) is 0 Å². The Morgan fingerprint density at radius 3 is 1.10 bits per heavy atom. The summed E-state index contributed by atoms with van der Waals surface area (Å²) in [4.78, 5) is 0. The summed E-state index contributed by atoms with van der Waals surface area (Å²) in [6.07, 6.45) is 0.199. The molecule has 0 saturated heterocycles. The highest BCUT2D eigenvalue weighted by Crippen LogP contribution is 2.60. The fourth-order valence-corrected chi connectivity index (χ4v) is 6.45. The van der Waals surface area contributed by atoms with Gasteiger partial charge in [0.1, 0.15) is 12.2 Å². The smallest absolute Gasteiger partial charge is 0.110 e. The van der Waals surface area contributed by atoms with Crippen LogP contribution in [0.5, 0.6) is 0 Å². The number of hydrogen-bond acceptors (Lipinski definition) is 1. The summed E-state index contributed by atoms with van der Waals surface area (Å²) in [6.45, 7) is 0. The average Bonchev–Trinajstić information content (AvgIpc) is 3.35. The van der Waals surface area contributed by atoms with Gasteiger partial charge in [-0.2, -0.15) is 0 Å². The molecule has 0 radical (unpaired) electrons. The number of hydrogen-bond donors (Lipinski definition) is 0. The van der Waals surface area contributed by atoms with Gasteiger partial charge in [-0.15, -0.1) is 0 Å². The molecule has 4 aromatic carbocycles. The van der Waals surface area contributed by atoms with Gasteiger partial charge < -0.3 is 4.74 Å². The lowest BCUT2D eigenvalue weighted by Crippen LogP contribution is -2.28. The molecular weight excluding hydrogens is 352 g/mol. The van der Waals surface area contributed by atoms with Gasteiger partial charge in [-0.1, -0.05) is 84.9 Å². The van der Waals surface area contributed by atoms with Crippen molar-refractivity contribution in [3.63, 3.8) is 0 Å². The highest BCUT2D eigenvalue weighted by atomic mass is 16.5. The Morgan fingerprint density at radius 2 is 0.724 bits per heavy atom. The SMILES string of the molecule is c1ccc2c(c1)C1OC2c2cc3c(cc21)C1c2ccccc2C3c2ccccc21. The van der Waals surface area contributed by atoms with Crippen LogP contribution in [0.4, 0.5) is 0 Å². The van der Waals surface area contributed by atoms with E-state index in [9.17, 15) is 0 Å². The van der Waals surface area contributed by atoms with E-state index in [1.54, 1.807) is 0 Å². The fraction of sp³-hybridized carbons (Fsp3) is 0.143. The van der Waals surface area contributed by atoms with Crippen molar-refractivity contribution < 1.29 is 4.74 Å². The second-order valence-corrected chi connectivity index (χ2v) is 8.76. The van der Waals surface area contributed by atoms with E-state index in [0.717, 1.165) is 0 Å². The van der Waals surface area contributed by atoms with Crippen LogP contribution < -0.4 is 0 Å². The molecule has 2 aliphatic heterocycles. The number of rotatable bonds is 0. The summed E-state index contributed by atoms with van der Waals surface area (Å²) in [5, 5.41) is 0. The lowest BCUT2D eigenvalue weighted by molar-refractivity contribution is 0.0857. The molecule has 0 spiro atoms. The molecule has 5 aliphatic rings. The maximum atomic E-state index is 6.48. The minimum atomic E-state index is 0.0995. The van der Waals surface area contributed by atoms with Gasteiger partial charge in [-0.25, -0.2) is 0 Å². The third-order valence-corrected chi connectivity index (χ3v) is 7.54. The molecule has 3 aliphatic carbocycles. The van der Waals surface area contributed by atoms with E-state index >= 15 is 0 Å². The van der Waals surface area contributed by atoms with Gasteiger partial charge in [-0.05, 0) is 55.6 Å². The Bertz CT molecular complexity index is 1220. The molecule has 9 rings (SSSR count). The lowest BCUT2D eigenvalue weighted by Gasteiger charge is -2.42. The van der Waals surface area contributed by atoms with Gasteiger partial charge in [0.25, 0.3) is 0 Å². The zero-order chi connectivity index (χ0) is 18.7. The van der Waals surface area contributed by atoms with Gasteiger partial charge in [0.2, 0.25) is 0 Å². The van der Waals surface area contributed by atoms with Gasteiger partial charge >= 0.3 is 0 Å². The first-order chi connectivity index (χ1) is 14.4. The monoisotopic (exact) mass is 370 g/mol. The van der Waals surface area contributed by atoms with Crippen LogP contribution in [0, 0.1) is 0 Å². The molecule has 4 aromatic rings. The van der Waals surface area contributed by atoms with Crippen molar-refractivity contribution >= 4 is 0 Å². The van der Waals surface area contributed by atoms with Crippen molar-refractivity contribution in [2.24, 2.45) is 0 Å². The Morgan fingerprint density at radius 1 is 0.379 bits per heavy atom.